The van der Waals surface area contributed by atoms with Gasteiger partial charge in [-0.3, -0.25) is 0 Å². The quantitative estimate of drug-likeness (QED) is 0.830. The van der Waals surface area contributed by atoms with Gasteiger partial charge in [0.1, 0.15) is 0 Å². The Morgan fingerprint density at radius 2 is 2.06 bits per heavy atom. The maximum absolute atomic E-state index is 11.7. The number of carbonyl (C=O) groups excluding carboxylic acids is 1. The van der Waals surface area contributed by atoms with Crippen molar-refractivity contribution in [2.24, 2.45) is 0 Å². The number of aliphatic hydroxyl groups is 1. The molecule has 0 aliphatic heterocycles. The molecule has 5 heteroatoms. The van der Waals surface area contributed by atoms with Crippen LogP contribution in [0.3, 0.4) is 0 Å². The van der Waals surface area contributed by atoms with E-state index in [4.69, 9.17) is 5.11 Å². The van der Waals surface area contributed by atoms with E-state index in [0.717, 1.165) is 17.9 Å². The molecule has 0 atom stereocenters. The van der Waals surface area contributed by atoms with Gasteiger partial charge in [0.2, 0.25) is 0 Å². The minimum Gasteiger partial charge on any atom is -0.395 e. The lowest BCUT2D eigenvalue weighted by Gasteiger charge is -2.16. The van der Waals surface area contributed by atoms with Crippen molar-refractivity contribution in [2.45, 2.75) is 6.42 Å². The van der Waals surface area contributed by atoms with Crippen molar-refractivity contribution < 1.29 is 9.90 Å². The molecule has 2 N–H and O–H groups in total. The molecule has 0 bridgehead atoms. The van der Waals surface area contributed by atoms with Gasteiger partial charge in [-0.05, 0) is 36.1 Å². The number of thioether (sulfide) groups is 1. The van der Waals surface area contributed by atoms with Crippen LogP contribution >= 0.6 is 11.8 Å². The first-order valence-electron chi connectivity index (χ1n) is 5.88. The topological polar surface area (TPSA) is 52.6 Å². The first-order chi connectivity index (χ1) is 8.67. The summed E-state index contributed by atoms with van der Waals surface area (Å²) in [5.74, 6) is 1.10. The zero-order chi connectivity index (χ0) is 13.4. The highest BCUT2D eigenvalue weighted by Gasteiger charge is 2.07. The number of aryl methyl sites for hydroxylation is 1. The molecule has 0 unspecified atom stereocenters. The number of anilines is 1. The zero-order valence-corrected chi connectivity index (χ0v) is 11.7. The number of carbonyl (C=O) groups is 1. The smallest absolute Gasteiger partial charge is 0.321 e. The summed E-state index contributed by atoms with van der Waals surface area (Å²) in [6.45, 7) is 0.301. The van der Waals surface area contributed by atoms with Crippen molar-refractivity contribution in [3.05, 3.63) is 29.8 Å². The molecular weight excluding hydrogens is 248 g/mol. The molecule has 0 spiro atoms. The first kappa shape index (κ1) is 14.9. The van der Waals surface area contributed by atoms with Crippen LogP contribution in [0.5, 0.6) is 0 Å². The molecule has 0 aromatic heterocycles. The molecular formula is C13H20N2O2S. The number of rotatable bonds is 6. The normalized spacial score (nSPS) is 10.2. The summed E-state index contributed by atoms with van der Waals surface area (Å²) in [7, 11) is 1.65. The summed E-state index contributed by atoms with van der Waals surface area (Å²) in [5, 5.41) is 11.5. The fourth-order valence-corrected chi connectivity index (χ4v) is 1.88. The lowest BCUT2D eigenvalue weighted by Crippen LogP contribution is -2.33. The van der Waals surface area contributed by atoms with Gasteiger partial charge in [-0.15, -0.1) is 0 Å². The fourth-order valence-electron chi connectivity index (χ4n) is 1.45. The summed E-state index contributed by atoms with van der Waals surface area (Å²) in [6.07, 6.45) is 3.13. The average Bonchev–Trinajstić information content (AvgIpc) is 2.38. The minimum absolute atomic E-state index is 0.0302. The number of hydrogen-bond donors (Lipinski definition) is 2. The Hall–Kier alpha value is -1.20. The first-order valence-corrected chi connectivity index (χ1v) is 7.27. The third kappa shape index (κ3) is 4.98. The van der Waals surface area contributed by atoms with Crippen LogP contribution in [0.25, 0.3) is 0 Å². The second-order valence-electron chi connectivity index (χ2n) is 4.02. The van der Waals surface area contributed by atoms with Crippen LogP contribution in [0, 0.1) is 0 Å². The largest absolute Gasteiger partial charge is 0.395 e. The van der Waals surface area contributed by atoms with Crippen LogP contribution in [0.15, 0.2) is 24.3 Å². The van der Waals surface area contributed by atoms with Crippen molar-refractivity contribution in [3.63, 3.8) is 0 Å². The lowest BCUT2D eigenvalue weighted by atomic mass is 10.1. The van der Waals surface area contributed by atoms with Gasteiger partial charge in [0.05, 0.1) is 6.61 Å². The number of amides is 2. The van der Waals surface area contributed by atoms with E-state index in [1.807, 2.05) is 36.0 Å². The Morgan fingerprint density at radius 1 is 1.39 bits per heavy atom. The van der Waals surface area contributed by atoms with E-state index in [-0.39, 0.29) is 12.6 Å². The standard InChI is InChI=1S/C13H20N2O2S/c1-15(8-9-16)13(17)14-12-5-3-11(4-6-12)7-10-18-2/h3-6,16H,7-10H2,1-2H3,(H,14,17). The zero-order valence-electron chi connectivity index (χ0n) is 10.8. The average molecular weight is 268 g/mol. The number of benzene rings is 1. The van der Waals surface area contributed by atoms with Gasteiger partial charge in [-0.25, -0.2) is 4.79 Å². The summed E-state index contributed by atoms with van der Waals surface area (Å²) in [4.78, 5) is 13.1. The molecule has 0 radical (unpaired) electrons. The van der Waals surface area contributed by atoms with E-state index in [0.29, 0.717) is 6.54 Å². The van der Waals surface area contributed by atoms with Crippen LogP contribution < -0.4 is 5.32 Å². The Labute approximate surface area is 112 Å². The SMILES string of the molecule is CSCCc1ccc(NC(=O)N(C)CCO)cc1. The molecule has 0 saturated heterocycles. The van der Waals surface area contributed by atoms with Crippen LogP contribution in [-0.4, -0.2) is 48.2 Å². The molecule has 0 saturated carbocycles. The summed E-state index contributed by atoms with van der Waals surface area (Å²) < 4.78 is 0. The van der Waals surface area contributed by atoms with E-state index < -0.39 is 0 Å². The number of nitrogens with one attached hydrogen (secondary N) is 1. The number of aliphatic hydroxyl groups excluding tert-OH is 1. The minimum atomic E-state index is -0.207. The van der Waals surface area contributed by atoms with E-state index in [9.17, 15) is 4.79 Å². The highest BCUT2D eigenvalue weighted by Crippen LogP contribution is 2.11. The van der Waals surface area contributed by atoms with Gasteiger partial charge in [0.25, 0.3) is 0 Å². The molecule has 2 amide bonds. The maximum Gasteiger partial charge on any atom is 0.321 e. The van der Waals surface area contributed by atoms with Crippen LogP contribution in [-0.2, 0) is 6.42 Å². The number of nitrogens with zero attached hydrogens (tertiary/aromatic N) is 1. The third-order valence-corrected chi connectivity index (χ3v) is 3.19. The second kappa shape index (κ2) is 8.00. The van der Waals surface area contributed by atoms with Gasteiger partial charge in [0, 0.05) is 19.3 Å². The van der Waals surface area contributed by atoms with Crippen molar-refractivity contribution in [1.82, 2.24) is 4.90 Å². The highest BCUT2D eigenvalue weighted by atomic mass is 32.2. The Kier molecular flexibility index (Phi) is 6.60. The molecule has 0 fully saturated rings. The van der Waals surface area contributed by atoms with Gasteiger partial charge < -0.3 is 15.3 Å². The summed E-state index contributed by atoms with van der Waals surface area (Å²) >= 11 is 1.82. The maximum atomic E-state index is 11.7. The predicted molar refractivity (Wildman–Crippen MR) is 77.3 cm³/mol. The van der Waals surface area contributed by atoms with Gasteiger partial charge in [-0.1, -0.05) is 12.1 Å². The van der Waals surface area contributed by atoms with Crippen molar-refractivity contribution >= 4 is 23.5 Å². The molecule has 0 aliphatic carbocycles. The monoisotopic (exact) mass is 268 g/mol. The van der Waals surface area contributed by atoms with E-state index in [1.54, 1.807) is 7.05 Å². The fraction of sp³-hybridized carbons (Fsp3) is 0.462. The Balaban J connectivity index is 2.50. The van der Waals surface area contributed by atoms with E-state index in [1.165, 1.54) is 10.5 Å². The van der Waals surface area contributed by atoms with Gasteiger partial charge in [0.15, 0.2) is 0 Å². The summed E-state index contributed by atoms with van der Waals surface area (Å²) in [6, 6.07) is 7.65. The Bertz CT molecular complexity index is 368. The molecule has 100 valence electrons. The predicted octanol–water partition coefficient (Wildman–Crippen LogP) is 2.05. The van der Waals surface area contributed by atoms with Gasteiger partial charge >= 0.3 is 6.03 Å². The number of urea groups is 1. The van der Waals surface area contributed by atoms with Crippen molar-refractivity contribution in [3.8, 4) is 0 Å². The molecule has 1 aromatic carbocycles. The molecule has 1 rings (SSSR count). The number of hydrogen-bond acceptors (Lipinski definition) is 3. The third-order valence-electron chi connectivity index (χ3n) is 2.58. The van der Waals surface area contributed by atoms with Crippen LogP contribution in [0.1, 0.15) is 5.56 Å². The van der Waals surface area contributed by atoms with Crippen molar-refractivity contribution in [1.29, 1.82) is 0 Å². The van der Waals surface area contributed by atoms with Crippen molar-refractivity contribution in [2.75, 3.05) is 37.5 Å². The summed E-state index contributed by atoms with van der Waals surface area (Å²) in [5.41, 5.74) is 2.05. The molecule has 0 aliphatic rings. The van der Waals surface area contributed by atoms with E-state index in [2.05, 4.69) is 11.6 Å². The lowest BCUT2D eigenvalue weighted by molar-refractivity contribution is 0.202. The van der Waals surface area contributed by atoms with Crippen LogP contribution in [0.2, 0.25) is 0 Å². The molecule has 4 nitrogen and oxygen atoms in total. The second-order valence-corrected chi connectivity index (χ2v) is 5.00. The highest BCUT2D eigenvalue weighted by molar-refractivity contribution is 7.98. The van der Waals surface area contributed by atoms with Crippen LogP contribution in [0.4, 0.5) is 10.5 Å². The van der Waals surface area contributed by atoms with Gasteiger partial charge in [-0.2, -0.15) is 11.8 Å². The van der Waals surface area contributed by atoms with E-state index >= 15 is 0 Å². The molecule has 1 aromatic rings. The molecule has 18 heavy (non-hydrogen) atoms. The number of likely N-dealkylation sites (N-methyl/N-ethyl adjacent to an activating group) is 1. The Morgan fingerprint density at radius 3 is 2.61 bits per heavy atom. The molecule has 0 heterocycles.